The molecule has 1 amide bonds. The van der Waals surface area contributed by atoms with Crippen molar-refractivity contribution in [2.75, 3.05) is 25.5 Å². The average Bonchev–Trinajstić information content (AvgIpc) is 3.13. The van der Waals surface area contributed by atoms with Crippen LogP contribution >= 0.6 is 11.6 Å². The van der Waals surface area contributed by atoms with Gasteiger partial charge in [0.25, 0.3) is 0 Å². The summed E-state index contributed by atoms with van der Waals surface area (Å²) in [7, 11) is 1.57. The molecular formula is C18H23ClN4O3. The second-order valence-electron chi connectivity index (χ2n) is 6.52. The first-order chi connectivity index (χ1) is 12.6. The summed E-state index contributed by atoms with van der Waals surface area (Å²) in [4.78, 5) is 18.7. The number of likely N-dealkylation sites (tertiary alicyclic amines) is 1. The molecule has 2 heterocycles. The van der Waals surface area contributed by atoms with Crippen LogP contribution in [0.25, 0.3) is 0 Å². The van der Waals surface area contributed by atoms with Gasteiger partial charge in [0, 0.05) is 18.0 Å². The SMILES string of the molecule is COc1ccc(Cl)cc1NC(=O)CC[C@@H]1CCCN(Cc2ncon2)C1. The molecule has 0 aliphatic carbocycles. The maximum Gasteiger partial charge on any atom is 0.224 e. The fourth-order valence-electron chi connectivity index (χ4n) is 3.32. The van der Waals surface area contributed by atoms with Crippen molar-refractivity contribution in [3.63, 3.8) is 0 Å². The van der Waals surface area contributed by atoms with Gasteiger partial charge in [-0.3, -0.25) is 9.69 Å². The molecule has 7 nitrogen and oxygen atoms in total. The van der Waals surface area contributed by atoms with E-state index in [1.807, 2.05) is 0 Å². The van der Waals surface area contributed by atoms with Gasteiger partial charge in [-0.15, -0.1) is 0 Å². The van der Waals surface area contributed by atoms with Crippen LogP contribution in [0, 0.1) is 5.92 Å². The Morgan fingerprint density at radius 2 is 2.38 bits per heavy atom. The number of benzene rings is 1. The number of carbonyl (C=O) groups excluding carboxylic acids is 1. The van der Waals surface area contributed by atoms with Crippen molar-refractivity contribution in [1.82, 2.24) is 15.0 Å². The van der Waals surface area contributed by atoms with Gasteiger partial charge < -0.3 is 14.6 Å². The third-order valence-electron chi connectivity index (χ3n) is 4.59. The Morgan fingerprint density at radius 1 is 1.50 bits per heavy atom. The number of piperidine rings is 1. The Bertz CT molecular complexity index is 723. The fourth-order valence-corrected chi connectivity index (χ4v) is 3.49. The van der Waals surface area contributed by atoms with Gasteiger partial charge in [0.1, 0.15) is 5.75 Å². The van der Waals surface area contributed by atoms with Gasteiger partial charge in [-0.2, -0.15) is 4.98 Å². The van der Waals surface area contributed by atoms with Gasteiger partial charge in [0.15, 0.2) is 5.82 Å². The second-order valence-corrected chi connectivity index (χ2v) is 6.96. The van der Waals surface area contributed by atoms with Crippen molar-refractivity contribution in [2.24, 2.45) is 5.92 Å². The maximum atomic E-state index is 12.3. The molecule has 3 rings (SSSR count). The molecule has 1 fully saturated rings. The lowest BCUT2D eigenvalue weighted by molar-refractivity contribution is -0.116. The summed E-state index contributed by atoms with van der Waals surface area (Å²) < 4.78 is 10.0. The molecule has 1 aromatic carbocycles. The minimum absolute atomic E-state index is 0.0270. The molecule has 8 heteroatoms. The summed E-state index contributed by atoms with van der Waals surface area (Å²) in [6, 6.07) is 5.18. The van der Waals surface area contributed by atoms with Crippen molar-refractivity contribution < 1.29 is 14.1 Å². The molecule has 0 radical (unpaired) electrons. The lowest BCUT2D eigenvalue weighted by atomic mass is 9.93. The standard InChI is InChI=1S/C18H23ClN4O3/c1-25-16-6-5-14(19)9-15(16)21-18(24)7-4-13-3-2-8-23(10-13)11-17-20-12-26-22-17/h5-6,9,12-13H,2-4,7-8,10-11H2,1H3,(H,21,24)/t13-/m0/s1. The molecule has 1 aromatic heterocycles. The number of nitrogens with one attached hydrogen (secondary N) is 1. The summed E-state index contributed by atoms with van der Waals surface area (Å²) in [5.41, 5.74) is 0.604. The molecule has 1 aliphatic rings. The zero-order valence-electron chi connectivity index (χ0n) is 14.8. The molecular weight excluding hydrogens is 356 g/mol. The van der Waals surface area contributed by atoms with Crippen LogP contribution in [-0.2, 0) is 11.3 Å². The van der Waals surface area contributed by atoms with Gasteiger partial charge >= 0.3 is 0 Å². The van der Waals surface area contributed by atoms with E-state index in [0.29, 0.717) is 41.2 Å². The summed E-state index contributed by atoms with van der Waals surface area (Å²) in [5, 5.41) is 7.32. The maximum absolute atomic E-state index is 12.3. The minimum Gasteiger partial charge on any atom is -0.495 e. The van der Waals surface area contributed by atoms with Crippen LogP contribution in [0.1, 0.15) is 31.5 Å². The molecule has 0 unspecified atom stereocenters. The quantitative estimate of drug-likeness (QED) is 0.795. The van der Waals surface area contributed by atoms with Crippen molar-refractivity contribution in [3.05, 3.63) is 35.4 Å². The predicted molar refractivity (Wildman–Crippen MR) is 98.2 cm³/mol. The average molecular weight is 379 g/mol. The molecule has 140 valence electrons. The smallest absolute Gasteiger partial charge is 0.224 e. The summed E-state index contributed by atoms with van der Waals surface area (Å²) in [5.74, 6) is 1.77. The van der Waals surface area contributed by atoms with Gasteiger partial charge in [-0.25, -0.2) is 0 Å². The number of halogens is 1. The lowest BCUT2D eigenvalue weighted by Gasteiger charge is -2.31. The number of hydrogen-bond acceptors (Lipinski definition) is 6. The van der Waals surface area contributed by atoms with Crippen LogP contribution in [0.2, 0.25) is 5.02 Å². The highest BCUT2D eigenvalue weighted by molar-refractivity contribution is 6.31. The fraction of sp³-hybridized carbons (Fsp3) is 0.500. The number of methoxy groups -OCH3 is 1. The van der Waals surface area contributed by atoms with E-state index in [0.717, 1.165) is 32.4 Å². The number of amides is 1. The van der Waals surface area contributed by atoms with Crippen LogP contribution in [0.5, 0.6) is 5.75 Å². The van der Waals surface area contributed by atoms with Gasteiger partial charge in [0.05, 0.1) is 19.3 Å². The van der Waals surface area contributed by atoms with Crippen molar-refractivity contribution in [1.29, 1.82) is 0 Å². The molecule has 26 heavy (non-hydrogen) atoms. The van der Waals surface area contributed by atoms with E-state index in [4.69, 9.17) is 20.9 Å². The molecule has 1 N–H and O–H groups in total. The molecule has 0 saturated carbocycles. The molecule has 1 saturated heterocycles. The molecule has 0 spiro atoms. The second kappa shape index (κ2) is 9.00. The zero-order chi connectivity index (χ0) is 18.4. The Balaban J connectivity index is 1.47. The first-order valence-corrected chi connectivity index (χ1v) is 9.13. The van der Waals surface area contributed by atoms with E-state index in [9.17, 15) is 4.79 Å². The first kappa shape index (κ1) is 18.7. The normalized spacial score (nSPS) is 17.8. The highest BCUT2D eigenvalue weighted by Gasteiger charge is 2.22. The highest BCUT2D eigenvalue weighted by atomic mass is 35.5. The van der Waals surface area contributed by atoms with Crippen LogP contribution in [-0.4, -0.2) is 41.1 Å². The van der Waals surface area contributed by atoms with E-state index in [-0.39, 0.29) is 5.91 Å². The van der Waals surface area contributed by atoms with Crippen LogP contribution in [0.3, 0.4) is 0 Å². The number of hydrogen-bond donors (Lipinski definition) is 1. The molecule has 0 bridgehead atoms. The van der Waals surface area contributed by atoms with Crippen molar-refractivity contribution >= 4 is 23.2 Å². The van der Waals surface area contributed by atoms with Crippen LogP contribution < -0.4 is 10.1 Å². The largest absolute Gasteiger partial charge is 0.495 e. The van der Waals surface area contributed by atoms with Crippen molar-refractivity contribution in [2.45, 2.75) is 32.2 Å². The number of ether oxygens (including phenoxy) is 1. The minimum atomic E-state index is -0.0270. The number of nitrogens with zero attached hydrogens (tertiary/aromatic N) is 3. The third-order valence-corrected chi connectivity index (χ3v) is 4.83. The number of anilines is 1. The number of rotatable bonds is 7. The van der Waals surface area contributed by atoms with Crippen LogP contribution in [0.4, 0.5) is 5.69 Å². The monoisotopic (exact) mass is 378 g/mol. The van der Waals surface area contributed by atoms with Crippen LogP contribution in [0.15, 0.2) is 29.1 Å². The van der Waals surface area contributed by atoms with E-state index in [1.54, 1.807) is 25.3 Å². The first-order valence-electron chi connectivity index (χ1n) is 8.75. The van der Waals surface area contributed by atoms with E-state index >= 15 is 0 Å². The van der Waals surface area contributed by atoms with E-state index < -0.39 is 0 Å². The third kappa shape index (κ3) is 5.19. The topological polar surface area (TPSA) is 80.5 Å². The molecule has 2 aromatic rings. The summed E-state index contributed by atoms with van der Waals surface area (Å²) in [6.07, 6.45) is 4.92. The number of aromatic nitrogens is 2. The lowest BCUT2D eigenvalue weighted by Crippen LogP contribution is -2.35. The Morgan fingerprint density at radius 3 is 3.15 bits per heavy atom. The molecule has 1 atom stereocenters. The summed E-state index contributed by atoms with van der Waals surface area (Å²) in [6.45, 7) is 2.66. The van der Waals surface area contributed by atoms with E-state index in [2.05, 4.69) is 20.4 Å². The van der Waals surface area contributed by atoms with E-state index in [1.165, 1.54) is 6.39 Å². The number of carbonyl (C=O) groups is 1. The van der Waals surface area contributed by atoms with Gasteiger partial charge in [-0.1, -0.05) is 16.8 Å². The Labute approximate surface area is 157 Å². The Hall–Kier alpha value is -2.12. The van der Waals surface area contributed by atoms with Crippen molar-refractivity contribution in [3.8, 4) is 5.75 Å². The molecule has 1 aliphatic heterocycles. The highest BCUT2D eigenvalue weighted by Crippen LogP contribution is 2.28. The predicted octanol–water partition coefficient (Wildman–Crippen LogP) is 3.36. The summed E-state index contributed by atoms with van der Waals surface area (Å²) >= 11 is 6.00. The zero-order valence-corrected chi connectivity index (χ0v) is 15.5. The van der Waals surface area contributed by atoms with Gasteiger partial charge in [-0.05, 0) is 49.9 Å². The van der Waals surface area contributed by atoms with Gasteiger partial charge in [0.2, 0.25) is 12.3 Å². The Kier molecular flexibility index (Phi) is 6.46.